The van der Waals surface area contributed by atoms with Crippen LogP contribution >= 0.6 is 46.7 Å². The van der Waals surface area contributed by atoms with Crippen LogP contribution in [0, 0.1) is 17.0 Å². The van der Waals surface area contributed by atoms with Crippen LogP contribution in [0.3, 0.4) is 0 Å². The first kappa shape index (κ1) is 23.8. The lowest BCUT2D eigenvalue weighted by Gasteiger charge is -2.29. The highest BCUT2D eigenvalue weighted by atomic mass is 35.5. The molecule has 0 aliphatic carbocycles. The Kier molecular flexibility index (Phi) is 7.84. The molecule has 1 aliphatic rings. The van der Waals surface area contributed by atoms with Crippen LogP contribution < -0.4 is 4.90 Å². The second-order valence-corrected chi connectivity index (χ2v) is 9.29. The molecule has 31 heavy (non-hydrogen) atoms. The minimum Gasteiger partial charge on any atom is -0.379 e. The fourth-order valence-electron chi connectivity index (χ4n) is 3.23. The highest BCUT2D eigenvalue weighted by molar-refractivity contribution is 7.23. The first-order valence-corrected chi connectivity index (χ1v) is 11.4. The van der Waals surface area contributed by atoms with E-state index in [4.69, 9.17) is 21.3 Å². The molecule has 0 N–H and O–H groups in total. The topological polar surface area (TPSA) is 88.8 Å². The van der Waals surface area contributed by atoms with E-state index in [0.717, 1.165) is 40.2 Å². The zero-order valence-corrected chi connectivity index (χ0v) is 19.8. The van der Waals surface area contributed by atoms with Crippen molar-refractivity contribution in [1.29, 1.82) is 0 Å². The second kappa shape index (κ2) is 10.2. The van der Waals surface area contributed by atoms with Crippen molar-refractivity contribution in [2.24, 2.45) is 0 Å². The number of ether oxygens (including phenoxy) is 1. The van der Waals surface area contributed by atoms with Gasteiger partial charge >= 0.3 is 5.00 Å². The molecule has 1 aromatic carbocycles. The summed E-state index contributed by atoms with van der Waals surface area (Å²) in [6.45, 7) is 5.97. The molecule has 4 rings (SSSR count). The number of thiophene rings is 1. The average Bonchev–Trinajstić information content (AvgIpc) is 3.40. The number of thiazole rings is 1. The van der Waals surface area contributed by atoms with Crippen LogP contribution in [0.1, 0.15) is 15.2 Å². The van der Waals surface area contributed by atoms with Crippen molar-refractivity contribution in [3.63, 3.8) is 0 Å². The van der Waals surface area contributed by atoms with Gasteiger partial charge in [-0.15, -0.1) is 12.4 Å². The van der Waals surface area contributed by atoms with Gasteiger partial charge in [-0.05, 0) is 24.6 Å². The predicted molar refractivity (Wildman–Crippen MR) is 127 cm³/mol. The second-order valence-electron chi connectivity index (χ2n) is 6.84. The standard InChI is InChI=1S/C19H19ClN4O4S2.ClH/c1-12-2-3-13(20)17-16(12)21-19(30-17)23(7-6-22-8-10-28-11-9-22)18(25)14-4-5-15(29-14)24(26)27;/h2-5H,6-11H2,1H3;1H. The third-order valence-electron chi connectivity index (χ3n) is 4.89. The van der Waals surface area contributed by atoms with Crippen LogP contribution in [0.5, 0.6) is 0 Å². The molecule has 1 amide bonds. The van der Waals surface area contributed by atoms with Crippen LogP contribution in [0.4, 0.5) is 10.1 Å². The molecular weight excluding hydrogens is 483 g/mol. The van der Waals surface area contributed by atoms with Crippen molar-refractivity contribution in [2.45, 2.75) is 6.92 Å². The smallest absolute Gasteiger partial charge is 0.324 e. The lowest BCUT2D eigenvalue weighted by molar-refractivity contribution is -0.380. The molecule has 3 aromatic rings. The fraction of sp³-hybridized carbons (Fsp3) is 0.368. The summed E-state index contributed by atoms with van der Waals surface area (Å²) in [7, 11) is 0. The van der Waals surface area contributed by atoms with Gasteiger partial charge in [-0.1, -0.05) is 40.3 Å². The first-order valence-electron chi connectivity index (χ1n) is 9.36. The number of nitro groups is 1. The predicted octanol–water partition coefficient (Wildman–Crippen LogP) is 4.63. The summed E-state index contributed by atoms with van der Waals surface area (Å²) in [5.74, 6) is -0.297. The number of anilines is 1. The number of carbonyl (C=O) groups excluding carboxylic acids is 1. The van der Waals surface area contributed by atoms with Crippen LogP contribution in [-0.4, -0.2) is 60.1 Å². The fourth-order valence-corrected chi connectivity index (χ4v) is 5.34. The van der Waals surface area contributed by atoms with Gasteiger partial charge in [-0.3, -0.25) is 24.7 Å². The van der Waals surface area contributed by atoms with Gasteiger partial charge in [0.25, 0.3) is 5.91 Å². The summed E-state index contributed by atoms with van der Waals surface area (Å²) >= 11 is 8.58. The van der Waals surface area contributed by atoms with Gasteiger partial charge in [0, 0.05) is 32.2 Å². The van der Waals surface area contributed by atoms with Crippen LogP contribution in [0.2, 0.25) is 5.02 Å². The summed E-state index contributed by atoms with van der Waals surface area (Å²) < 4.78 is 6.22. The summed E-state index contributed by atoms with van der Waals surface area (Å²) in [5.41, 5.74) is 1.74. The molecule has 0 unspecified atom stereocenters. The van der Waals surface area contributed by atoms with E-state index in [9.17, 15) is 14.9 Å². The summed E-state index contributed by atoms with van der Waals surface area (Å²) in [6, 6.07) is 6.58. The lowest BCUT2D eigenvalue weighted by Crippen LogP contribution is -2.43. The molecule has 2 aromatic heterocycles. The Morgan fingerprint density at radius 3 is 2.68 bits per heavy atom. The van der Waals surface area contributed by atoms with Crippen molar-refractivity contribution < 1.29 is 14.5 Å². The van der Waals surface area contributed by atoms with Gasteiger partial charge in [0.15, 0.2) is 5.13 Å². The number of amides is 1. The van der Waals surface area contributed by atoms with Gasteiger partial charge in [0.1, 0.15) is 0 Å². The van der Waals surface area contributed by atoms with E-state index < -0.39 is 4.92 Å². The van der Waals surface area contributed by atoms with Crippen molar-refractivity contribution in [3.8, 4) is 0 Å². The molecule has 12 heteroatoms. The number of nitrogens with zero attached hydrogens (tertiary/aromatic N) is 4. The third-order valence-corrected chi connectivity index (χ3v) is 7.45. The first-order chi connectivity index (χ1) is 14.4. The number of benzene rings is 1. The minimum atomic E-state index is -0.486. The molecule has 3 heterocycles. The van der Waals surface area contributed by atoms with Crippen LogP contribution in [0.15, 0.2) is 24.3 Å². The SMILES string of the molecule is Cc1ccc(Cl)c2sc(N(CCN3CCOCC3)C(=O)c3ccc([N+](=O)[O-])s3)nc12.Cl. The normalized spacial score (nSPS) is 14.4. The van der Waals surface area contributed by atoms with Crippen LogP contribution in [-0.2, 0) is 4.74 Å². The maximum atomic E-state index is 13.3. The maximum absolute atomic E-state index is 13.3. The maximum Gasteiger partial charge on any atom is 0.324 e. The number of halogens is 2. The molecule has 8 nitrogen and oxygen atoms in total. The Hall–Kier alpha value is -1.82. The Morgan fingerprint density at radius 2 is 2.03 bits per heavy atom. The Labute approximate surface area is 197 Å². The van der Waals surface area contributed by atoms with Gasteiger partial charge in [-0.2, -0.15) is 0 Å². The average molecular weight is 503 g/mol. The molecule has 1 fully saturated rings. The zero-order chi connectivity index (χ0) is 21.3. The Balaban J connectivity index is 0.00000272. The van der Waals surface area contributed by atoms with E-state index >= 15 is 0 Å². The van der Waals surface area contributed by atoms with Crippen LogP contribution in [0.25, 0.3) is 10.2 Å². The highest BCUT2D eigenvalue weighted by Crippen LogP contribution is 2.36. The number of aromatic nitrogens is 1. The number of hydrogen-bond acceptors (Lipinski definition) is 8. The molecule has 1 saturated heterocycles. The van der Waals surface area contributed by atoms with Crippen molar-refractivity contribution in [1.82, 2.24) is 9.88 Å². The summed E-state index contributed by atoms with van der Waals surface area (Å²) in [5, 5.41) is 12.1. The number of fused-ring (bicyclic) bond motifs is 1. The van der Waals surface area contributed by atoms with Gasteiger partial charge in [0.2, 0.25) is 0 Å². The molecule has 0 saturated carbocycles. The number of hydrogen-bond donors (Lipinski definition) is 0. The van der Waals surface area contributed by atoms with E-state index in [1.54, 1.807) is 4.90 Å². The lowest BCUT2D eigenvalue weighted by atomic mass is 10.2. The summed E-state index contributed by atoms with van der Waals surface area (Å²) in [6.07, 6.45) is 0. The van der Waals surface area contributed by atoms with E-state index in [1.165, 1.54) is 23.5 Å². The van der Waals surface area contributed by atoms with Gasteiger partial charge < -0.3 is 4.74 Å². The van der Waals surface area contributed by atoms with Crippen molar-refractivity contribution in [2.75, 3.05) is 44.3 Å². The Bertz CT molecular complexity index is 1060. The van der Waals surface area contributed by atoms with E-state index in [2.05, 4.69) is 4.90 Å². The Morgan fingerprint density at radius 1 is 1.29 bits per heavy atom. The molecular formula is C19H20Cl2N4O4S2. The van der Waals surface area contributed by atoms with Gasteiger partial charge in [0.05, 0.1) is 38.3 Å². The minimum absolute atomic E-state index is 0. The third kappa shape index (κ3) is 5.16. The van der Waals surface area contributed by atoms with Crippen molar-refractivity contribution in [3.05, 3.63) is 49.8 Å². The van der Waals surface area contributed by atoms with E-state index in [0.29, 0.717) is 41.3 Å². The molecule has 0 atom stereocenters. The van der Waals surface area contributed by atoms with Crippen molar-refractivity contribution >= 4 is 72.9 Å². The number of rotatable bonds is 6. The molecule has 0 spiro atoms. The monoisotopic (exact) mass is 502 g/mol. The number of morpholine rings is 1. The molecule has 1 aliphatic heterocycles. The zero-order valence-electron chi connectivity index (χ0n) is 16.6. The molecule has 166 valence electrons. The quantitative estimate of drug-likeness (QED) is 0.360. The van der Waals surface area contributed by atoms with Gasteiger partial charge in [-0.25, -0.2) is 4.98 Å². The van der Waals surface area contributed by atoms with E-state index in [1.807, 2.05) is 19.1 Å². The molecule has 0 radical (unpaired) electrons. The number of aryl methyl sites for hydroxylation is 1. The number of carbonyl (C=O) groups is 1. The summed E-state index contributed by atoms with van der Waals surface area (Å²) in [4.78, 5) is 32.7. The largest absolute Gasteiger partial charge is 0.379 e. The van der Waals surface area contributed by atoms with E-state index in [-0.39, 0.29) is 23.3 Å². The highest BCUT2D eigenvalue weighted by Gasteiger charge is 2.26. The molecule has 0 bridgehead atoms.